The third kappa shape index (κ3) is 12.2. The van der Waals surface area contributed by atoms with E-state index in [9.17, 15) is 5.11 Å². The smallest absolute Gasteiger partial charge is 0.857 e. The molecule has 0 saturated carbocycles. The number of hydrogen-bond acceptors (Lipinski definition) is 4. The monoisotopic (exact) mass is 315 g/mol. The van der Waals surface area contributed by atoms with Crippen LogP contribution in [0, 0.1) is 6.92 Å². The zero-order valence-corrected chi connectivity index (χ0v) is 13.7. The SMILES string of the molecule is C[O-].C[O-].C[O-].Cc1cc(C(C)(C)C)ccc1O.[Ni+3]. The first kappa shape index (κ1) is 26.9. The fourth-order valence-electron chi connectivity index (χ4n) is 1.12. The molecule has 0 aliphatic heterocycles. The largest absolute Gasteiger partial charge is 3.00 e. The number of phenolic OH excluding ortho intramolecular Hbond substituents is 1. The molecule has 0 spiro atoms. The van der Waals surface area contributed by atoms with Gasteiger partial charge >= 0.3 is 16.5 Å². The molecule has 0 saturated heterocycles. The van der Waals surface area contributed by atoms with Crippen molar-refractivity contribution in [3.05, 3.63) is 29.3 Å². The quantitative estimate of drug-likeness (QED) is 0.678. The van der Waals surface area contributed by atoms with E-state index in [1.165, 1.54) is 5.56 Å². The van der Waals surface area contributed by atoms with Gasteiger partial charge in [0.15, 0.2) is 0 Å². The third-order valence-corrected chi connectivity index (χ3v) is 2.06. The molecule has 1 rings (SSSR count). The van der Waals surface area contributed by atoms with Crippen LogP contribution in [-0.4, -0.2) is 26.4 Å². The van der Waals surface area contributed by atoms with Crippen LogP contribution in [0.3, 0.4) is 0 Å². The Kier molecular flexibility index (Phi) is 21.8. The fraction of sp³-hybridized carbons (Fsp3) is 0.571. The molecule has 1 aromatic rings. The van der Waals surface area contributed by atoms with E-state index in [0.717, 1.165) is 26.9 Å². The van der Waals surface area contributed by atoms with Gasteiger partial charge in [-0.3, -0.25) is 0 Å². The maximum absolute atomic E-state index is 9.31. The van der Waals surface area contributed by atoms with Gasteiger partial charge in [0, 0.05) is 0 Å². The van der Waals surface area contributed by atoms with Crippen molar-refractivity contribution in [2.24, 2.45) is 0 Å². The molecule has 115 valence electrons. The van der Waals surface area contributed by atoms with Crippen molar-refractivity contribution < 1.29 is 36.9 Å². The van der Waals surface area contributed by atoms with Crippen molar-refractivity contribution in [1.82, 2.24) is 0 Å². The Labute approximate surface area is 127 Å². The average Bonchev–Trinajstić information content (AvgIpc) is 2.39. The number of rotatable bonds is 0. The maximum Gasteiger partial charge on any atom is 3.00 e. The summed E-state index contributed by atoms with van der Waals surface area (Å²) >= 11 is 0. The molecule has 0 aliphatic carbocycles. The van der Waals surface area contributed by atoms with Gasteiger partial charge < -0.3 is 20.4 Å². The molecule has 1 N–H and O–H groups in total. The van der Waals surface area contributed by atoms with E-state index in [1.54, 1.807) is 6.07 Å². The minimum atomic E-state index is 0. The van der Waals surface area contributed by atoms with Gasteiger partial charge in [-0.1, -0.05) is 32.9 Å². The van der Waals surface area contributed by atoms with Gasteiger partial charge in [0.1, 0.15) is 5.75 Å². The molecule has 4 nitrogen and oxygen atoms in total. The van der Waals surface area contributed by atoms with Crippen LogP contribution in [-0.2, 0) is 21.9 Å². The van der Waals surface area contributed by atoms with Crippen molar-refractivity contribution in [3.63, 3.8) is 0 Å². The summed E-state index contributed by atoms with van der Waals surface area (Å²) in [4.78, 5) is 0. The molecule has 0 amide bonds. The van der Waals surface area contributed by atoms with Gasteiger partial charge in [-0.15, -0.1) is 0 Å². The molecule has 0 atom stereocenters. The Balaban J connectivity index is -0.000000142. The van der Waals surface area contributed by atoms with E-state index < -0.39 is 0 Å². The third-order valence-electron chi connectivity index (χ3n) is 2.06. The van der Waals surface area contributed by atoms with E-state index in [-0.39, 0.29) is 21.9 Å². The summed E-state index contributed by atoms with van der Waals surface area (Å²) in [6.07, 6.45) is 0. The minimum Gasteiger partial charge on any atom is -0.857 e. The van der Waals surface area contributed by atoms with Crippen molar-refractivity contribution in [1.29, 1.82) is 0 Å². The summed E-state index contributed by atoms with van der Waals surface area (Å²) in [5.41, 5.74) is 2.37. The van der Waals surface area contributed by atoms with Crippen LogP contribution in [0.25, 0.3) is 0 Å². The zero-order chi connectivity index (χ0) is 15.4. The van der Waals surface area contributed by atoms with Crippen LogP contribution < -0.4 is 15.3 Å². The topological polar surface area (TPSA) is 89.4 Å². The Morgan fingerprint density at radius 1 is 0.895 bits per heavy atom. The van der Waals surface area contributed by atoms with E-state index >= 15 is 0 Å². The number of phenols is 1. The summed E-state index contributed by atoms with van der Waals surface area (Å²) in [5.74, 6) is 0.378. The molecule has 5 heteroatoms. The molecule has 0 fully saturated rings. The van der Waals surface area contributed by atoms with Gasteiger partial charge in [-0.2, -0.15) is 21.3 Å². The van der Waals surface area contributed by atoms with Crippen LogP contribution in [0.4, 0.5) is 0 Å². The molecule has 19 heavy (non-hydrogen) atoms. The Hall–Kier alpha value is -0.606. The standard InChI is InChI=1S/C11H16O.3CH3O.Ni/c1-8-7-9(11(2,3)4)5-6-10(8)12;3*1-2;/h5-7,12H,1-4H3;3*1H3;/q;3*-1;+3. The molecule has 1 aromatic carbocycles. The van der Waals surface area contributed by atoms with Gasteiger partial charge in [0.2, 0.25) is 0 Å². The molecule has 0 bridgehead atoms. The summed E-state index contributed by atoms with van der Waals surface area (Å²) in [5, 5.41) is 34.1. The number of aromatic hydroxyl groups is 1. The molecule has 0 aromatic heterocycles. The predicted molar refractivity (Wildman–Crippen MR) is 69.3 cm³/mol. The van der Waals surface area contributed by atoms with E-state index in [2.05, 4.69) is 20.8 Å². The molecule has 0 aliphatic rings. The summed E-state index contributed by atoms with van der Waals surface area (Å²) in [6.45, 7) is 8.42. The first-order chi connectivity index (χ1) is 8.41. The number of hydrogen-bond donors (Lipinski definition) is 1. The number of benzene rings is 1. The molecule has 1 radical (unpaired) electrons. The first-order valence-electron chi connectivity index (χ1n) is 5.44. The Morgan fingerprint density at radius 2 is 1.26 bits per heavy atom. The van der Waals surface area contributed by atoms with Crippen LogP contribution in [0.15, 0.2) is 18.2 Å². The predicted octanol–water partition coefficient (Wildman–Crippen LogP) is -0.0749. The maximum atomic E-state index is 9.31. The average molecular weight is 316 g/mol. The summed E-state index contributed by atoms with van der Waals surface area (Å²) in [6, 6.07) is 5.77. The summed E-state index contributed by atoms with van der Waals surface area (Å²) < 4.78 is 0. The van der Waals surface area contributed by atoms with Crippen LogP contribution >= 0.6 is 0 Å². The van der Waals surface area contributed by atoms with E-state index in [4.69, 9.17) is 15.3 Å². The van der Waals surface area contributed by atoms with Crippen molar-refractivity contribution >= 4 is 0 Å². The van der Waals surface area contributed by atoms with Crippen molar-refractivity contribution in [2.75, 3.05) is 21.3 Å². The first-order valence-corrected chi connectivity index (χ1v) is 5.44. The second kappa shape index (κ2) is 15.5. The van der Waals surface area contributed by atoms with E-state index in [0.29, 0.717) is 5.75 Å². The Morgan fingerprint density at radius 3 is 1.53 bits per heavy atom. The van der Waals surface area contributed by atoms with Crippen molar-refractivity contribution in [2.45, 2.75) is 33.1 Å². The zero-order valence-electron chi connectivity index (χ0n) is 12.7. The number of aryl methyl sites for hydroxylation is 1. The molecular weight excluding hydrogens is 291 g/mol. The molecular formula is C14H25NiO4. The van der Waals surface area contributed by atoms with Gasteiger partial charge in [0.25, 0.3) is 0 Å². The van der Waals surface area contributed by atoms with Crippen LogP contribution in [0.5, 0.6) is 5.75 Å². The van der Waals surface area contributed by atoms with Gasteiger partial charge in [0.05, 0.1) is 0 Å². The fourth-order valence-corrected chi connectivity index (χ4v) is 1.12. The van der Waals surface area contributed by atoms with Crippen LogP contribution in [0.2, 0.25) is 0 Å². The van der Waals surface area contributed by atoms with Crippen molar-refractivity contribution in [3.8, 4) is 5.75 Å². The Bertz CT molecular complexity index is 296. The van der Waals surface area contributed by atoms with Gasteiger partial charge in [-0.25, -0.2) is 0 Å². The normalized spacial score (nSPS) is 8.32. The van der Waals surface area contributed by atoms with E-state index in [1.807, 2.05) is 19.1 Å². The molecule has 0 heterocycles. The van der Waals surface area contributed by atoms with Gasteiger partial charge in [-0.05, 0) is 29.5 Å². The van der Waals surface area contributed by atoms with Crippen LogP contribution in [0.1, 0.15) is 31.9 Å². The summed E-state index contributed by atoms with van der Waals surface area (Å²) in [7, 11) is 2.25. The second-order valence-corrected chi connectivity index (χ2v) is 4.25. The molecule has 0 unspecified atom stereocenters. The minimum absolute atomic E-state index is 0. The second-order valence-electron chi connectivity index (χ2n) is 4.25.